The molecule has 0 aliphatic carbocycles. The van der Waals surface area contributed by atoms with E-state index in [0.29, 0.717) is 5.56 Å². The Kier molecular flexibility index (Phi) is 6.36. The Morgan fingerprint density at radius 2 is 1.75 bits per heavy atom. The van der Waals surface area contributed by atoms with Crippen LogP contribution in [0.1, 0.15) is 40.7 Å². The molecular formula is C21H26N2O4S. The second-order valence-electron chi connectivity index (χ2n) is 7.01. The second kappa shape index (κ2) is 8.75. The van der Waals surface area contributed by atoms with E-state index in [1.54, 1.807) is 19.1 Å². The van der Waals surface area contributed by atoms with Gasteiger partial charge in [-0.1, -0.05) is 18.2 Å². The Labute approximate surface area is 166 Å². The van der Waals surface area contributed by atoms with Gasteiger partial charge in [-0.3, -0.25) is 0 Å². The van der Waals surface area contributed by atoms with E-state index in [-0.39, 0.29) is 17.0 Å². The van der Waals surface area contributed by atoms with Gasteiger partial charge in [0.25, 0.3) is 0 Å². The van der Waals surface area contributed by atoms with Crippen molar-refractivity contribution in [2.75, 3.05) is 25.1 Å². The van der Waals surface area contributed by atoms with E-state index in [0.717, 1.165) is 18.7 Å². The quantitative estimate of drug-likeness (QED) is 0.751. The minimum atomic E-state index is -3.75. The Hall–Kier alpha value is -2.38. The van der Waals surface area contributed by atoms with Crippen molar-refractivity contribution in [2.45, 2.75) is 37.6 Å². The Bertz CT molecular complexity index is 933. The van der Waals surface area contributed by atoms with Gasteiger partial charge in [-0.25, -0.2) is 17.9 Å². The van der Waals surface area contributed by atoms with Gasteiger partial charge in [0.05, 0.1) is 17.6 Å². The molecule has 0 saturated carbocycles. The summed E-state index contributed by atoms with van der Waals surface area (Å²) < 4.78 is 32.8. The van der Waals surface area contributed by atoms with Crippen LogP contribution in [0.4, 0.5) is 5.69 Å². The molecule has 150 valence electrons. The minimum Gasteiger partial charge on any atom is -0.465 e. The molecule has 2 aromatic carbocycles. The molecule has 0 unspecified atom stereocenters. The van der Waals surface area contributed by atoms with Crippen molar-refractivity contribution in [1.29, 1.82) is 0 Å². The lowest BCUT2D eigenvalue weighted by Crippen LogP contribution is -2.29. The third-order valence-corrected chi connectivity index (χ3v) is 6.57. The Morgan fingerprint density at radius 1 is 1.07 bits per heavy atom. The lowest BCUT2D eigenvalue weighted by Gasteiger charge is -2.28. The first-order valence-corrected chi connectivity index (χ1v) is 10.9. The highest BCUT2D eigenvalue weighted by Crippen LogP contribution is 2.21. The van der Waals surface area contributed by atoms with E-state index in [1.165, 1.54) is 38.1 Å². The Balaban J connectivity index is 1.70. The van der Waals surface area contributed by atoms with Gasteiger partial charge in [0.1, 0.15) is 0 Å². The van der Waals surface area contributed by atoms with Gasteiger partial charge in [0, 0.05) is 25.3 Å². The van der Waals surface area contributed by atoms with Gasteiger partial charge in [-0.15, -0.1) is 0 Å². The van der Waals surface area contributed by atoms with Crippen LogP contribution in [0.25, 0.3) is 0 Å². The van der Waals surface area contributed by atoms with Gasteiger partial charge in [0.2, 0.25) is 10.0 Å². The van der Waals surface area contributed by atoms with E-state index in [2.05, 4.69) is 14.4 Å². The number of piperidine rings is 1. The maximum atomic E-state index is 12.7. The summed E-state index contributed by atoms with van der Waals surface area (Å²) in [7, 11) is -2.49. The summed E-state index contributed by atoms with van der Waals surface area (Å²) in [5, 5.41) is 0. The zero-order valence-electron chi connectivity index (χ0n) is 16.3. The molecule has 0 spiro atoms. The highest BCUT2D eigenvalue weighted by Gasteiger charge is 2.19. The van der Waals surface area contributed by atoms with Crippen LogP contribution in [0.2, 0.25) is 0 Å². The molecule has 1 saturated heterocycles. The lowest BCUT2D eigenvalue weighted by molar-refractivity contribution is 0.0600. The highest BCUT2D eigenvalue weighted by atomic mass is 32.2. The van der Waals surface area contributed by atoms with Crippen LogP contribution < -0.4 is 9.62 Å². The molecule has 0 bridgehead atoms. The SMILES string of the molecule is COC(=O)c1ccc(C)c(S(=O)(=O)NCc2ccc(N3CCCCC3)cc2)c1. The number of esters is 1. The number of anilines is 1. The molecule has 0 radical (unpaired) electrons. The molecule has 0 aromatic heterocycles. The Morgan fingerprint density at radius 3 is 2.39 bits per heavy atom. The maximum absolute atomic E-state index is 12.7. The van der Waals surface area contributed by atoms with Crippen molar-refractivity contribution < 1.29 is 17.9 Å². The maximum Gasteiger partial charge on any atom is 0.337 e. The number of carbonyl (C=O) groups excluding carboxylic acids is 1. The number of benzene rings is 2. The van der Waals surface area contributed by atoms with Crippen LogP contribution in [0.3, 0.4) is 0 Å². The van der Waals surface area contributed by atoms with Crippen molar-refractivity contribution in [3.8, 4) is 0 Å². The van der Waals surface area contributed by atoms with Crippen LogP contribution in [0.15, 0.2) is 47.4 Å². The smallest absolute Gasteiger partial charge is 0.337 e. The molecule has 1 aliphatic heterocycles. The number of sulfonamides is 1. The highest BCUT2D eigenvalue weighted by molar-refractivity contribution is 7.89. The number of rotatable bonds is 6. The van der Waals surface area contributed by atoms with Crippen molar-refractivity contribution in [3.05, 3.63) is 59.2 Å². The number of aryl methyl sites for hydroxylation is 1. The minimum absolute atomic E-state index is 0.0836. The van der Waals surface area contributed by atoms with Crippen LogP contribution in [0, 0.1) is 6.92 Å². The molecule has 7 heteroatoms. The van der Waals surface area contributed by atoms with E-state index >= 15 is 0 Å². The van der Waals surface area contributed by atoms with Crippen molar-refractivity contribution in [1.82, 2.24) is 4.72 Å². The molecule has 3 rings (SSSR count). The molecule has 1 fully saturated rings. The van der Waals surface area contributed by atoms with E-state index in [9.17, 15) is 13.2 Å². The number of carbonyl (C=O) groups is 1. The predicted octanol–water partition coefficient (Wildman–Crippen LogP) is 3.25. The molecule has 28 heavy (non-hydrogen) atoms. The summed E-state index contributed by atoms with van der Waals surface area (Å²) >= 11 is 0. The number of hydrogen-bond acceptors (Lipinski definition) is 5. The third kappa shape index (κ3) is 4.72. The first-order chi connectivity index (χ1) is 13.4. The summed E-state index contributed by atoms with van der Waals surface area (Å²) in [4.78, 5) is 14.1. The monoisotopic (exact) mass is 402 g/mol. The van der Waals surface area contributed by atoms with Crippen LogP contribution >= 0.6 is 0 Å². The van der Waals surface area contributed by atoms with E-state index in [4.69, 9.17) is 0 Å². The lowest BCUT2D eigenvalue weighted by atomic mass is 10.1. The largest absolute Gasteiger partial charge is 0.465 e. The first-order valence-electron chi connectivity index (χ1n) is 9.43. The fraction of sp³-hybridized carbons (Fsp3) is 0.381. The van der Waals surface area contributed by atoms with E-state index in [1.807, 2.05) is 24.3 Å². The van der Waals surface area contributed by atoms with Gasteiger partial charge in [0.15, 0.2) is 0 Å². The normalized spacial score (nSPS) is 14.7. The van der Waals surface area contributed by atoms with Crippen LogP contribution in [-0.2, 0) is 21.3 Å². The molecule has 1 N–H and O–H groups in total. The number of ether oxygens (including phenoxy) is 1. The van der Waals surface area contributed by atoms with Crippen molar-refractivity contribution in [3.63, 3.8) is 0 Å². The third-order valence-electron chi connectivity index (χ3n) is 5.02. The number of hydrogen-bond donors (Lipinski definition) is 1. The number of methoxy groups -OCH3 is 1. The van der Waals surface area contributed by atoms with Crippen LogP contribution in [0.5, 0.6) is 0 Å². The zero-order chi connectivity index (χ0) is 20.1. The summed E-state index contributed by atoms with van der Waals surface area (Å²) in [5.41, 5.74) is 2.83. The fourth-order valence-electron chi connectivity index (χ4n) is 3.37. The van der Waals surface area contributed by atoms with Gasteiger partial charge in [-0.05, 0) is 61.6 Å². The predicted molar refractivity (Wildman–Crippen MR) is 109 cm³/mol. The zero-order valence-corrected chi connectivity index (χ0v) is 17.1. The molecular weight excluding hydrogens is 376 g/mol. The summed E-state index contributed by atoms with van der Waals surface area (Å²) in [6.45, 7) is 4.02. The summed E-state index contributed by atoms with van der Waals surface area (Å²) in [6.07, 6.45) is 3.71. The van der Waals surface area contributed by atoms with Gasteiger partial charge >= 0.3 is 5.97 Å². The summed E-state index contributed by atoms with van der Waals surface area (Å²) in [5.74, 6) is -0.565. The number of nitrogens with zero attached hydrogens (tertiary/aromatic N) is 1. The molecule has 1 aliphatic rings. The van der Waals surface area contributed by atoms with E-state index < -0.39 is 16.0 Å². The van der Waals surface area contributed by atoms with Crippen molar-refractivity contribution in [2.24, 2.45) is 0 Å². The topological polar surface area (TPSA) is 75.7 Å². The molecule has 6 nitrogen and oxygen atoms in total. The first kappa shape index (κ1) is 20.4. The molecule has 2 aromatic rings. The average Bonchev–Trinajstić information content (AvgIpc) is 2.73. The molecule has 0 amide bonds. The number of nitrogens with one attached hydrogen (secondary N) is 1. The van der Waals surface area contributed by atoms with Gasteiger partial charge in [-0.2, -0.15) is 0 Å². The molecule has 0 atom stereocenters. The fourth-order valence-corrected chi connectivity index (χ4v) is 4.65. The second-order valence-corrected chi connectivity index (χ2v) is 8.75. The molecule has 1 heterocycles. The van der Waals surface area contributed by atoms with Gasteiger partial charge < -0.3 is 9.64 Å². The summed E-state index contributed by atoms with van der Waals surface area (Å²) in [6, 6.07) is 12.5. The van der Waals surface area contributed by atoms with Crippen LogP contribution in [-0.4, -0.2) is 34.6 Å². The standard InChI is InChI=1S/C21H26N2O4S/c1-16-6-9-18(21(24)27-2)14-20(16)28(25,26)22-15-17-7-10-19(11-8-17)23-12-4-3-5-13-23/h6-11,14,22H,3-5,12-13,15H2,1-2H3. The average molecular weight is 403 g/mol. The van der Waals surface area contributed by atoms with Crippen molar-refractivity contribution >= 4 is 21.7 Å².